The van der Waals surface area contributed by atoms with Crippen LogP contribution in [0.25, 0.3) is 6.08 Å². The van der Waals surface area contributed by atoms with Crippen LogP contribution >= 0.6 is 0 Å². The third-order valence-corrected chi connectivity index (χ3v) is 2.38. The summed E-state index contributed by atoms with van der Waals surface area (Å²) in [6, 6.07) is 3.46. The average Bonchev–Trinajstić information content (AvgIpc) is 2.38. The number of nitrogens with one attached hydrogen (secondary N) is 1. The van der Waals surface area contributed by atoms with Crippen LogP contribution in [0.2, 0.25) is 0 Å². The summed E-state index contributed by atoms with van der Waals surface area (Å²) in [6.07, 6.45) is 1.09. The van der Waals surface area contributed by atoms with Gasteiger partial charge < -0.3 is 15.5 Å². The van der Waals surface area contributed by atoms with Gasteiger partial charge in [-0.3, -0.25) is 14.9 Å². The molecule has 0 saturated heterocycles. The Balaban J connectivity index is 3.27. The van der Waals surface area contributed by atoms with Gasteiger partial charge in [0.25, 0.3) is 5.91 Å². The van der Waals surface area contributed by atoms with E-state index in [4.69, 9.17) is 5.26 Å². The van der Waals surface area contributed by atoms with Gasteiger partial charge in [-0.05, 0) is 31.6 Å². The van der Waals surface area contributed by atoms with Crippen molar-refractivity contribution in [2.45, 2.75) is 19.9 Å². The highest BCUT2D eigenvalue weighted by Crippen LogP contribution is 2.36. The number of phenols is 2. The van der Waals surface area contributed by atoms with E-state index in [2.05, 4.69) is 5.32 Å². The van der Waals surface area contributed by atoms with Gasteiger partial charge in [0.05, 0.1) is 4.92 Å². The number of hydrogen-bond acceptors (Lipinski definition) is 6. The summed E-state index contributed by atoms with van der Waals surface area (Å²) < 4.78 is 0. The minimum Gasteiger partial charge on any atom is -0.504 e. The molecule has 0 bridgehead atoms. The van der Waals surface area contributed by atoms with E-state index in [-0.39, 0.29) is 17.2 Å². The quantitative estimate of drug-likeness (QED) is 0.252. The lowest BCUT2D eigenvalue weighted by molar-refractivity contribution is -0.386. The normalized spacial score (nSPS) is 11.0. The molecule has 0 aromatic heterocycles. The summed E-state index contributed by atoms with van der Waals surface area (Å²) in [5.74, 6) is -2.22. The number of carbonyl (C=O) groups excluding carboxylic acids is 1. The van der Waals surface area contributed by atoms with Crippen LogP contribution in [0.1, 0.15) is 19.4 Å². The van der Waals surface area contributed by atoms with Gasteiger partial charge in [0.15, 0.2) is 5.75 Å². The highest BCUT2D eigenvalue weighted by atomic mass is 16.6. The molecule has 0 aliphatic rings. The van der Waals surface area contributed by atoms with Crippen molar-refractivity contribution in [1.29, 1.82) is 5.26 Å². The second-order valence-corrected chi connectivity index (χ2v) is 4.46. The first-order valence-electron chi connectivity index (χ1n) is 5.89. The topological polar surface area (TPSA) is 136 Å². The SMILES string of the molecule is CC(C)NC(=O)/C(C#N)=C/c1cc(O)c(O)c([N+](=O)[O-])c1. The second kappa shape index (κ2) is 6.38. The van der Waals surface area contributed by atoms with Crippen molar-refractivity contribution in [2.24, 2.45) is 0 Å². The highest BCUT2D eigenvalue weighted by molar-refractivity contribution is 6.01. The van der Waals surface area contributed by atoms with E-state index in [9.17, 15) is 25.1 Å². The summed E-state index contributed by atoms with van der Waals surface area (Å²) >= 11 is 0. The number of benzene rings is 1. The predicted octanol–water partition coefficient (Wildman–Crippen LogP) is 1.44. The van der Waals surface area contributed by atoms with Crippen LogP contribution in [0, 0.1) is 21.4 Å². The van der Waals surface area contributed by atoms with Gasteiger partial charge in [0.1, 0.15) is 11.6 Å². The molecule has 110 valence electrons. The zero-order valence-electron chi connectivity index (χ0n) is 11.3. The molecular weight excluding hydrogens is 278 g/mol. The molecule has 0 saturated carbocycles. The van der Waals surface area contributed by atoms with Crippen LogP contribution in [-0.4, -0.2) is 27.1 Å². The molecule has 0 atom stereocenters. The van der Waals surface area contributed by atoms with E-state index < -0.39 is 28.0 Å². The van der Waals surface area contributed by atoms with Crippen LogP contribution in [0.4, 0.5) is 5.69 Å². The second-order valence-electron chi connectivity index (χ2n) is 4.46. The summed E-state index contributed by atoms with van der Waals surface area (Å²) in [6.45, 7) is 3.42. The third kappa shape index (κ3) is 3.94. The molecule has 8 nitrogen and oxygen atoms in total. The van der Waals surface area contributed by atoms with Gasteiger partial charge in [-0.15, -0.1) is 0 Å². The Morgan fingerprint density at radius 3 is 2.57 bits per heavy atom. The zero-order valence-corrected chi connectivity index (χ0v) is 11.3. The maximum Gasteiger partial charge on any atom is 0.315 e. The smallest absolute Gasteiger partial charge is 0.315 e. The lowest BCUT2D eigenvalue weighted by Crippen LogP contribution is -2.30. The molecule has 0 fully saturated rings. The molecule has 1 aromatic rings. The molecule has 3 N–H and O–H groups in total. The highest BCUT2D eigenvalue weighted by Gasteiger charge is 2.19. The maximum atomic E-state index is 11.7. The summed E-state index contributed by atoms with van der Waals surface area (Å²) in [4.78, 5) is 21.6. The van der Waals surface area contributed by atoms with Crippen LogP contribution in [0.5, 0.6) is 11.5 Å². The Labute approximate surface area is 120 Å². The van der Waals surface area contributed by atoms with Crippen molar-refractivity contribution < 1.29 is 19.9 Å². The first kappa shape index (κ1) is 16.0. The Hall–Kier alpha value is -3.08. The minimum atomic E-state index is -0.882. The fourth-order valence-electron chi connectivity index (χ4n) is 1.50. The van der Waals surface area contributed by atoms with Crippen molar-refractivity contribution in [3.8, 4) is 17.6 Å². The van der Waals surface area contributed by atoms with Gasteiger partial charge >= 0.3 is 5.69 Å². The number of nitro benzene ring substituents is 1. The lowest BCUT2D eigenvalue weighted by Gasteiger charge is -2.07. The van der Waals surface area contributed by atoms with Crippen molar-refractivity contribution in [1.82, 2.24) is 5.32 Å². The molecule has 0 aliphatic carbocycles. The molecule has 1 rings (SSSR count). The van der Waals surface area contributed by atoms with E-state index in [1.807, 2.05) is 0 Å². The molecule has 0 unspecified atom stereocenters. The largest absolute Gasteiger partial charge is 0.504 e. The molecule has 0 heterocycles. The zero-order chi connectivity index (χ0) is 16.2. The van der Waals surface area contributed by atoms with E-state index in [0.29, 0.717) is 0 Å². The fraction of sp³-hybridized carbons (Fsp3) is 0.231. The molecule has 21 heavy (non-hydrogen) atoms. The van der Waals surface area contributed by atoms with Crippen molar-refractivity contribution >= 4 is 17.7 Å². The molecule has 0 radical (unpaired) electrons. The number of rotatable bonds is 4. The van der Waals surface area contributed by atoms with Crippen LogP contribution < -0.4 is 5.32 Å². The van der Waals surface area contributed by atoms with Gasteiger partial charge in [0, 0.05) is 12.1 Å². The minimum absolute atomic E-state index is 0.0486. The molecule has 0 aliphatic heterocycles. The number of aromatic hydroxyl groups is 2. The number of nitriles is 1. The lowest BCUT2D eigenvalue weighted by atomic mass is 10.1. The summed E-state index contributed by atoms with van der Waals surface area (Å²) in [5.41, 5.74) is -0.946. The van der Waals surface area contributed by atoms with Gasteiger partial charge in [-0.2, -0.15) is 5.26 Å². The monoisotopic (exact) mass is 291 g/mol. The standard InChI is InChI=1S/C13H13N3O5/c1-7(2)15-13(19)9(6-14)3-8-4-10(16(20)21)12(18)11(17)5-8/h3-5,7,17-18H,1-2H3,(H,15,19)/b9-3+. The van der Waals surface area contributed by atoms with E-state index in [1.54, 1.807) is 19.9 Å². The van der Waals surface area contributed by atoms with Crippen LogP contribution in [-0.2, 0) is 4.79 Å². The molecule has 8 heteroatoms. The summed E-state index contributed by atoms with van der Waals surface area (Å²) in [7, 11) is 0. The molecule has 1 aromatic carbocycles. The van der Waals surface area contributed by atoms with E-state index >= 15 is 0 Å². The van der Waals surface area contributed by atoms with Crippen molar-refractivity contribution in [3.63, 3.8) is 0 Å². The average molecular weight is 291 g/mol. The molecular formula is C13H13N3O5. The van der Waals surface area contributed by atoms with Gasteiger partial charge in [0.2, 0.25) is 5.75 Å². The predicted molar refractivity (Wildman–Crippen MR) is 73.3 cm³/mol. The van der Waals surface area contributed by atoms with Crippen LogP contribution in [0.3, 0.4) is 0 Å². The maximum absolute atomic E-state index is 11.7. The van der Waals surface area contributed by atoms with Crippen LogP contribution in [0.15, 0.2) is 17.7 Å². The van der Waals surface area contributed by atoms with Gasteiger partial charge in [-0.1, -0.05) is 0 Å². The number of nitrogens with zero attached hydrogens (tertiary/aromatic N) is 2. The first-order chi connectivity index (χ1) is 9.76. The van der Waals surface area contributed by atoms with Crippen molar-refractivity contribution in [2.75, 3.05) is 0 Å². The molecule has 1 amide bonds. The number of nitro groups is 1. The fourth-order valence-corrected chi connectivity index (χ4v) is 1.50. The number of amides is 1. The van der Waals surface area contributed by atoms with Gasteiger partial charge in [-0.25, -0.2) is 0 Å². The van der Waals surface area contributed by atoms with Crippen molar-refractivity contribution in [3.05, 3.63) is 33.4 Å². The number of phenolic OH excluding ortho intramolecular Hbond substituents is 2. The Bertz CT molecular complexity index is 659. The number of hydrogen-bond donors (Lipinski definition) is 3. The number of carbonyl (C=O) groups is 1. The Morgan fingerprint density at radius 1 is 1.48 bits per heavy atom. The first-order valence-corrected chi connectivity index (χ1v) is 5.89. The molecule has 0 spiro atoms. The van der Waals surface area contributed by atoms with E-state index in [0.717, 1.165) is 18.2 Å². The third-order valence-electron chi connectivity index (χ3n) is 2.38. The summed E-state index contributed by atoms with van der Waals surface area (Å²) in [5, 5.41) is 41.0. The Kier molecular flexibility index (Phi) is 4.86. The van der Waals surface area contributed by atoms with E-state index in [1.165, 1.54) is 0 Å². The Morgan fingerprint density at radius 2 is 2.10 bits per heavy atom.